The predicted molar refractivity (Wildman–Crippen MR) is 93.8 cm³/mol. The summed E-state index contributed by atoms with van der Waals surface area (Å²) in [4.78, 5) is 0. The van der Waals surface area contributed by atoms with Gasteiger partial charge in [0, 0.05) is 18.0 Å². The summed E-state index contributed by atoms with van der Waals surface area (Å²) in [6, 6.07) is 10.5. The fourth-order valence-electron chi connectivity index (χ4n) is 2.26. The molecule has 0 saturated carbocycles. The number of rotatable bonds is 2. The lowest BCUT2D eigenvalue weighted by molar-refractivity contribution is 0.782. The molecule has 2 N–H and O–H groups in total. The highest BCUT2D eigenvalue weighted by molar-refractivity contribution is 14.1. The standard InChI is InChI=1S/C15H14IN3S/c1-9-4-3-5-10(6-9)13-14(18-19(2)15(13)17)11-7-12(16)20-8-11/h3-8H,17H2,1-2H3. The number of thiophene rings is 1. The molecule has 0 atom stereocenters. The summed E-state index contributed by atoms with van der Waals surface area (Å²) in [5, 5.41) is 6.72. The summed E-state index contributed by atoms with van der Waals surface area (Å²) in [6.07, 6.45) is 0. The minimum Gasteiger partial charge on any atom is -0.383 e. The van der Waals surface area contributed by atoms with E-state index in [-0.39, 0.29) is 0 Å². The van der Waals surface area contributed by atoms with Crippen LogP contribution in [0.5, 0.6) is 0 Å². The zero-order valence-corrected chi connectivity index (χ0v) is 14.2. The van der Waals surface area contributed by atoms with Crippen LogP contribution in [0.2, 0.25) is 0 Å². The fraction of sp³-hybridized carbons (Fsp3) is 0.133. The number of nitrogens with zero attached hydrogens (tertiary/aromatic N) is 2. The van der Waals surface area contributed by atoms with Crippen molar-refractivity contribution >= 4 is 39.7 Å². The van der Waals surface area contributed by atoms with Gasteiger partial charge in [-0.1, -0.05) is 29.8 Å². The third kappa shape index (κ3) is 2.35. The highest BCUT2D eigenvalue weighted by Crippen LogP contribution is 2.37. The van der Waals surface area contributed by atoms with Crippen molar-refractivity contribution in [1.82, 2.24) is 9.78 Å². The molecule has 2 heterocycles. The molecule has 20 heavy (non-hydrogen) atoms. The van der Waals surface area contributed by atoms with Crippen LogP contribution in [0.15, 0.2) is 35.7 Å². The van der Waals surface area contributed by atoms with Crippen molar-refractivity contribution in [2.45, 2.75) is 6.92 Å². The third-order valence-corrected chi connectivity index (χ3v) is 5.03. The summed E-state index contributed by atoms with van der Waals surface area (Å²) >= 11 is 4.05. The summed E-state index contributed by atoms with van der Waals surface area (Å²) < 4.78 is 2.99. The van der Waals surface area contributed by atoms with E-state index in [0.717, 1.165) is 22.4 Å². The van der Waals surface area contributed by atoms with Gasteiger partial charge in [-0.2, -0.15) is 5.10 Å². The summed E-state index contributed by atoms with van der Waals surface area (Å²) in [5.74, 6) is 0.701. The lowest BCUT2D eigenvalue weighted by Gasteiger charge is -2.04. The van der Waals surface area contributed by atoms with E-state index in [1.807, 2.05) is 7.05 Å². The molecule has 0 saturated heterocycles. The first-order valence-electron chi connectivity index (χ1n) is 6.20. The van der Waals surface area contributed by atoms with Crippen LogP contribution in [-0.4, -0.2) is 9.78 Å². The summed E-state index contributed by atoms with van der Waals surface area (Å²) in [6.45, 7) is 2.09. The normalized spacial score (nSPS) is 10.9. The van der Waals surface area contributed by atoms with Crippen molar-refractivity contribution in [3.63, 3.8) is 0 Å². The maximum Gasteiger partial charge on any atom is 0.129 e. The molecule has 5 heteroatoms. The van der Waals surface area contributed by atoms with Gasteiger partial charge in [-0.05, 0) is 41.1 Å². The van der Waals surface area contributed by atoms with Gasteiger partial charge in [-0.25, -0.2) is 0 Å². The summed E-state index contributed by atoms with van der Waals surface area (Å²) in [5.41, 5.74) is 11.7. The molecule has 3 nitrogen and oxygen atoms in total. The first-order valence-corrected chi connectivity index (χ1v) is 8.16. The number of halogens is 1. The molecule has 2 aromatic heterocycles. The van der Waals surface area contributed by atoms with E-state index in [4.69, 9.17) is 5.73 Å². The molecule has 0 bridgehead atoms. The average molecular weight is 395 g/mol. The van der Waals surface area contributed by atoms with E-state index < -0.39 is 0 Å². The van der Waals surface area contributed by atoms with Crippen LogP contribution in [0.4, 0.5) is 5.82 Å². The van der Waals surface area contributed by atoms with Gasteiger partial charge < -0.3 is 5.73 Å². The molecular weight excluding hydrogens is 381 g/mol. The average Bonchev–Trinajstić information content (AvgIpc) is 2.95. The van der Waals surface area contributed by atoms with Crippen LogP contribution in [0, 0.1) is 9.81 Å². The van der Waals surface area contributed by atoms with Crippen molar-refractivity contribution in [3.8, 4) is 22.4 Å². The highest BCUT2D eigenvalue weighted by atomic mass is 127. The highest BCUT2D eigenvalue weighted by Gasteiger charge is 2.18. The van der Waals surface area contributed by atoms with Gasteiger partial charge in [0.2, 0.25) is 0 Å². The molecule has 0 amide bonds. The van der Waals surface area contributed by atoms with E-state index >= 15 is 0 Å². The van der Waals surface area contributed by atoms with Crippen molar-refractivity contribution in [2.75, 3.05) is 5.73 Å². The van der Waals surface area contributed by atoms with E-state index in [1.54, 1.807) is 16.0 Å². The molecular formula is C15H14IN3S. The number of hydrogen-bond donors (Lipinski definition) is 1. The van der Waals surface area contributed by atoms with Gasteiger partial charge in [0.25, 0.3) is 0 Å². The number of nitrogen functional groups attached to an aromatic ring is 1. The molecule has 0 radical (unpaired) electrons. The molecule has 0 spiro atoms. The third-order valence-electron chi connectivity index (χ3n) is 3.24. The summed E-state index contributed by atoms with van der Waals surface area (Å²) in [7, 11) is 1.88. The number of anilines is 1. The molecule has 0 unspecified atom stereocenters. The van der Waals surface area contributed by atoms with Gasteiger partial charge in [0.15, 0.2) is 0 Å². The van der Waals surface area contributed by atoms with E-state index in [2.05, 4.69) is 70.3 Å². The zero-order valence-electron chi connectivity index (χ0n) is 11.2. The Kier molecular flexibility index (Phi) is 3.55. The van der Waals surface area contributed by atoms with E-state index in [1.165, 1.54) is 8.45 Å². The second kappa shape index (κ2) is 5.21. The van der Waals surface area contributed by atoms with Gasteiger partial charge in [-0.3, -0.25) is 4.68 Å². The van der Waals surface area contributed by atoms with Gasteiger partial charge in [0.1, 0.15) is 11.5 Å². The number of aromatic nitrogens is 2. The van der Waals surface area contributed by atoms with E-state index in [0.29, 0.717) is 5.82 Å². The molecule has 102 valence electrons. The Bertz CT molecular complexity index is 773. The Morgan fingerprint density at radius 1 is 1.25 bits per heavy atom. The van der Waals surface area contributed by atoms with Gasteiger partial charge >= 0.3 is 0 Å². The number of nitrogens with two attached hydrogens (primary N) is 1. The number of aryl methyl sites for hydroxylation is 2. The predicted octanol–water partition coefficient (Wildman–Crippen LogP) is 4.31. The maximum absolute atomic E-state index is 6.23. The molecule has 1 aromatic carbocycles. The Morgan fingerprint density at radius 2 is 2.05 bits per heavy atom. The molecule has 0 aliphatic heterocycles. The van der Waals surface area contributed by atoms with Crippen molar-refractivity contribution in [1.29, 1.82) is 0 Å². The molecule has 0 aliphatic rings. The Labute approximate surface area is 135 Å². The molecule has 0 aliphatic carbocycles. The first kappa shape index (κ1) is 13.6. The second-order valence-electron chi connectivity index (χ2n) is 4.74. The molecule has 3 rings (SSSR count). The van der Waals surface area contributed by atoms with Gasteiger partial charge in [-0.15, -0.1) is 11.3 Å². The lowest BCUT2D eigenvalue weighted by Crippen LogP contribution is -1.98. The minimum atomic E-state index is 0.701. The quantitative estimate of drug-likeness (QED) is 0.658. The SMILES string of the molecule is Cc1cccc(-c2c(-c3csc(I)c3)nn(C)c2N)c1. The Hall–Kier alpha value is -1.34. The van der Waals surface area contributed by atoms with Gasteiger partial charge in [0.05, 0.1) is 8.45 Å². The van der Waals surface area contributed by atoms with Crippen molar-refractivity contribution in [3.05, 3.63) is 44.2 Å². The largest absolute Gasteiger partial charge is 0.383 e. The van der Waals surface area contributed by atoms with Crippen LogP contribution in [0.1, 0.15) is 5.56 Å². The zero-order chi connectivity index (χ0) is 14.3. The topological polar surface area (TPSA) is 43.8 Å². The lowest BCUT2D eigenvalue weighted by atomic mass is 10.0. The van der Waals surface area contributed by atoms with Crippen molar-refractivity contribution in [2.24, 2.45) is 7.05 Å². The van der Waals surface area contributed by atoms with Crippen LogP contribution >= 0.6 is 33.9 Å². The maximum atomic E-state index is 6.23. The number of benzene rings is 1. The molecule has 3 aromatic rings. The van der Waals surface area contributed by atoms with Crippen LogP contribution in [-0.2, 0) is 7.05 Å². The Balaban J connectivity index is 2.24. The smallest absolute Gasteiger partial charge is 0.129 e. The first-order chi connectivity index (χ1) is 9.56. The second-order valence-corrected chi connectivity index (χ2v) is 7.55. The van der Waals surface area contributed by atoms with Crippen LogP contribution in [0.3, 0.4) is 0 Å². The monoisotopic (exact) mass is 395 g/mol. The van der Waals surface area contributed by atoms with E-state index in [9.17, 15) is 0 Å². The van der Waals surface area contributed by atoms with Crippen molar-refractivity contribution < 1.29 is 0 Å². The van der Waals surface area contributed by atoms with Crippen LogP contribution < -0.4 is 5.73 Å². The fourth-order valence-corrected chi connectivity index (χ4v) is 3.59. The van der Waals surface area contributed by atoms with Crippen LogP contribution in [0.25, 0.3) is 22.4 Å². The Morgan fingerprint density at radius 3 is 2.70 bits per heavy atom. The molecule has 0 fully saturated rings. The number of hydrogen-bond acceptors (Lipinski definition) is 3. The minimum absolute atomic E-state index is 0.701.